The van der Waals surface area contributed by atoms with Crippen LogP contribution in [0.5, 0.6) is 0 Å². The Morgan fingerprint density at radius 1 is 1.29 bits per heavy atom. The van der Waals surface area contributed by atoms with Gasteiger partial charge in [0.1, 0.15) is 0 Å². The van der Waals surface area contributed by atoms with Gasteiger partial charge in [-0.2, -0.15) is 0 Å². The highest BCUT2D eigenvalue weighted by molar-refractivity contribution is 8.14. The fraction of sp³-hybridized carbons (Fsp3) is 0.222. The Morgan fingerprint density at radius 2 is 1.86 bits per heavy atom. The van der Waals surface area contributed by atoms with Gasteiger partial charge in [0.2, 0.25) is 0 Å². The van der Waals surface area contributed by atoms with E-state index < -0.39 is 0 Å². The van der Waals surface area contributed by atoms with E-state index >= 15 is 0 Å². The molecule has 1 aromatic carbocycles. The molecule has 0 saturated carbocycles. The van der Waals surface area contributed by atoms with Crippen molar-refractivity contribution in [2.75, 3.05) is 11.6 Å². The topological polar surface area (TPSA) is 23.9 Å². The lowest BCUT2D eigenvalue weighted by Crippen LogP contribution is -1.98. The Kier molecular flexibility index (Phi) is 5.10. The van der Waals surface area contributed by atoms with E-state index in [0.29, 0.717) is 32.3 Å². The molecule has 0 saturated heterocycles. The van der Waals surface area contributed by atoms with E-state index in [-0.39, 0.29) is 0 Å². The number of rotatable bonds is 3. The molecule has 0 spiro atoms. The zero-order valence-corrected chi connectivity index (χ0v) is 10.3. The first-order valence-corrected chi connectivity index (χ1v) is 6.16. The van der Waals surface area contributed by atoms with Crippen LogP contribution in [0.4, 0.5) is 0 Å². The van der Waals surface area contributed by atoms with Crippen LogP contribution in [-0.2, 0) is 0 Å². The highest BCUT2D eigenvalue weighted by Gasteiger charge is 2.10. The highest BCUT2D eigenvalue weighted by atomic mass is 35.5. The maximum Gasteiger partial charge on any atom is 0.0973 e. The molecule has 0 aliphatic rings. The van der Waals surface area contributed by atoms with Gasteiger partial charge in [-0.1, -0.05) is 29.3 Å². The van der Waals surface area contributed by atoms with Crippen LogP contribution in [0.3, 0.4) is 0 Å². The number of hydrogen-bond acceptors (Lipinski definition) is 2. The summed E-state index contributed by atoms with van der Waals surface area (Å²) in [6.45, 7) is 0. The van der Waals surface area contributed by atoms with Crippen molar-refractivity contribution < 1.29 is 0 Å². The molecule has 0 fully saturated rings. The molecule has 0 amide bonds. The summed E-state index contributed by atoms with van der Waals surface area (Å²) >= 11 is 18.7. The van der Waals surface area contributed by atoms with Crippen LogP contribution in [0.1, 0.15) is 5.56 Å². The van der Waals surface area contributed by atoms with Gasteiger partial charge >= 0.3 is 0 Å². The van der Waals surface area contributed by atoms with Crippen molar-refractivity contribution in [2.45, 2.75) is 0 Å². The maximum atomic E-state index is 7.75. The SMILES string of the molecule is N=C(SCCCl)c1c(Cl)cccc1Cl. The highest BCUT2D eigenvalue weighted by Crippen LogP contribution is 2.28. The van der Waals surface area contributed by atoms with Crippen molar-refractivity contribution >= 4 is 51.6 Å². The lowest BCUT2D eigenvalue weighted by atomic mass is 10.2. The zero-order chi connectivity index (χ0) is 10.6. The third-order valence-corrected chi connectivity index (χ3v) is 3.46. The maximum absolute atomic E-state index is 7.75. The molecule has 1 rings (SSSR count). The van der Waals surface area contributed by atoms with Gasteiger partial charge in [-0.05, 0) is 12.1 Å². The molecular formula is C9H8Cl3NS. The zero-order valence-electron chi connectivity index (χ0n) is 7.19. The van der Waals surface area contributed by atoms with E-state index in [1.54, 1.807) is 18.2 Å². The first-order valence-electron chi connectivity index (χ1n) is 3.88. The number of thioether (sulfide) groups is 1. The molecule has 0 aliphatic heterocycles. The molecule has 0 aromatic heterocycles. The standard InChI is InChI=1S/C9H8Cl3NS/c10-4-5-14-9(13)8-6(11)2-1-3-7(8)12/h1-3,13H,4-5H2. The van der Waals surface area contributed by atoms with Crippen LogP contribution >= 0.6 is 46.6 Å². The van der Waals surface area contributed by atoms with Gasteiger partial charge in [0, 0.05) is 17.2 Å². The van der Waals surface area contributed by atoms with E-state index in [1.807, 2.05) is 0 Å². The third kappa shape index (κ3) is 3.06. The second-order valence-corrected chi connectivity index (χ2v) is 4.76. The Morgan fingerprint density at radius 3 is 2.36 bits per heavy atom. The molecule has 0 unspecified atom stereocenters. The van der Waals surface area contributed by atoms with Crippen LogP contribution in [-0.4, -0.2) is 16.7 Å². The van der Waals surface area contributed by atoms with Crippen molar-refractivity contribution in [2.24, 2.45) is 0 Å². The largest absolute Gasteiger partial charge is 0.293 e. The molecule has 0 aliphatic carbocycles. The number of alkyl halides is 1. The van der Waals surface area contributed by atoms with Crippen molar-refractivity contribution in [1.29, 1.82) is 5.41 Å². The molecule has 0 radical (unpaired) electrons. The molecule has 0 atom stereocenters. The summed E-state index contributed by atoms with van der Waals surface area (Å²) in [5, 5.41) is 9.12. The van der Waals surface area contributed by atoms with Crippen molar-refractivity contribution in [1.82, 2.24) is 0 Å². The molecule has 1 nitrogen and oxygen atoms in total. The summed E-state index contributed by atoms with van der Waals surface area (Å²) in [5.41, 5.74) is 0.589. The van der Waals surface area contributed by atoms with Crippen molar-refractivity contribution in [3.63, 3.8) is 0 Å². The second kappa shape index (κ2) is 5.86. The van der Waals surface area contributed by atoms with E-state index in [4.69, 9.17) is 40.2 Å². The van der Waals surface area contributed by atoms with Gasteiger partial charge in [-0.15, -0.1) is 23.4 Å². The van der Waals surface area contributed by atoms with E-state index in [1.165, 1.54) is 11.8 Å². The summed E-state index contributed by atoms with van der Waals surface area (Å²) in [5.74, 6) is 1.19. The molecule has 1 aromatic rings. The molecule has 5 heteroatoms. The summed E-state index contributed by atoms with van der Waals surface area (Å²) in [7, 11) is 0. The van der Waals surface area contributed by atoms with E-state index in [2.05, 4.69) is 0 Å². The van der Waals surface area contributed by atoms with Crippen molar-refractivity contribution in [3.8, 4) is 0 Å². The predicted octanol–water partition coefficient (Wildman–Crippen LogP) is 4.29. The first-order chi connectivity index (χ1) is 6.66. The van der Waals surface area contributed by atoms with Crippen molar-refractivity contribution in [3.05, 3.63) is 33.8 Å². The summed E-state index contributed by atoms with van der Waals surface area (Å²) < 4.78 is 0. The number of halogens is 3. The smallest absolute Gasteiger partial charge is 0.0973 e. The van der Waals surface area contributed by atoms with Crippen LogP contribution in [0.25, 0.3) is 0 Å². The molecule has 0 heterocycles. The van der Waals surface area contributed by atoms with Gasteiger partial charge in [0.15, 0.2) is 0 Å². The molecular weight excluding hydrogens is 261 g/mol. The fourth-order valence-corrected chi connectivity index (χ4v) is 2.50. The van der Waals surface area contributed by atoms with Gasteiger partial charge < -0.3 is 0 Å². The molecule has 1 N–H and O–H groups in total. The number of hydrogen-bond donors (Lipinski definition) is 1. The average Bonchev–Trinajstić information content (AvgIpc) is 2.14. The minimum Gasteiger partial charge on any atom is -0.293 e. The van der Waals surface area contributed by atoms with Gasteiger partial charge in [0.25, 0.3) is 0 Å². The Bertz CT molecular complexity index is 321. The van der Waals surface area contributed by atoms with Gasteiger partial charge in [-0.25, -0.2) is 0 Å². The molecule has 76 valence electrons. The number of nitrogens with one attached hydrogen (secondary N) is 1. The lowest BCUT2D eigenvalue weighted by Gasteiger charge is -2.06. The summed E-state index contributed by atoms with van der Waals surface area (Å²) in [6.07, 6.45) is 0. The monoisotopic (exact) mass is 267 g/mol. The van der Waals surface area contributed by atoms with Crippen LogP contribution < -0.4 is 0 Å². The van der Waals surface area contributed by atoms with Crippen LogP contribution in [0.15, 0.2) is 18.2 Å². The summed E-state index contributed by atoms with van der Waals surface area (Å²) in [6, 6.07) is 5.20. The quantitative estimate of drug-likeness (QED) is 0.493. The number of benzene rings is 1. The first kappa shape index (κ1) is 12.2. The van der Waals surface area contributed by atoms with Gasteiger partial charge in [0.05, 0.1) is 15.1 Å². The minimum absolute atomic E-state index is 0.362. The Labute approximate surface area is 102 Å². The normalized spacial score (nSPS) is 10.2. The van der Waals surface area contributed by atoms with Crippen LogP contribution in [0, 0.1) is 5.41 Å². The molecule has 14 heavy (non-hydrogen) atoms. The average molecular weight is 269 g/mol. The predicted molar refractivity (Wildman–Crippen MR) is 66.5 cm³/mol. The third-order valence-electron chi connectivity index (χ3n) is 1.51. The fourth-order valence-electron chi connectivity index (χ4n) is 0.928. The summed E-state index contributed by atoms with van der Waals surface area (Å²) in [4.78, 5) is 0. The van der Waals surface area contributed by atoms with E-state index in [9.17, 15) is 0 Å². The minimum atomic E-state index is 0.362. The van der Waals surface area contributed by atoms with E-state index in [0.717, 1.165) is 0 Å². The van der Waals surface area contributed by atoms with Gasteiger partial charge in [-0.3, -0.25) is 5.41 Å². The Hall–Kier alpha value is 0.110. The Balaban J connectivity index is 2.89. The molecule has 0 bridgehead atoms. The second-order valence-electron chi connectivity index (χ2n) is 2.46. The lowest BCUT2D eigenvalue weighted by molar-refractivity contribution is 1.51. The van der Waals surface area contributed by atoms with Crippen LogP contribution in [0.2, 0.25) is 10.0 Å².